The minimum Gasteiger partial charge on any atom is -0.480 e. The molecule has 0 unspecified atom stereocenters. The maximum atomic E-state index is 12.1. The summed E-state index contributed by atoms with van der Waals surface area (Å²) in [5.74, 6) is -2.55. The summed E-state index contributed by atoms with van der Waals surface area (Å²) in [5.41, 5.74) is 0.398. The fourth-order valence-corrected chi connectivity index (χ4v) is 2.08. The number of nitrogens with zero attached hydrogens (tertiary/aromatic N) is 1. The number of benzene rings is 1. The lowest BCUT2D eigenvalue weighted by Crippen LogP contribution is -2.44. The van der Waals surface area contributed by atoms with Gasteiger partial charge in [-0.3, -0.25) is 14.5 Å². The third-order valence-corrected chi connectivity index (χ3v) is 2.98. The predicted molar refractivity (Wildman–Crippen MR) is 63.7 cm³/mol. The summed E-state index contributed by atoms with van der Waals surface area (Å²) in [6.07, 6.45) is 0.461. The van der Waals surface area contributed by atoms with Crippen LogP contribution in [0.4, 0.5) is 0 Å². The van der Waals surface area contributed by atoms with E-state index in [0.717, 1.165) is 4.90 Å². The molecule has 0 saturated heterocycles. The van der Waals surface area contributed by atoms with Crippen molar-refractivity contribution in [3.8, 4) is 0 Å². The molecule has 2 amide bonds. The number of amides is 2. The van der Waals surface area contributed by atoms with Crippen LogP contribution in [0.1, 0.15) is 33.6 Å². The number of aliphatic carboxylic acids is 1. The van der Waals surface area contributed by atoms with Gasteiger partial charge in [-0.05, 0) is 18.6 Å². The van der Waals surface area contributed by atoms with Gasteiger partial charge < -0.3 is 9.90 Å². The van der Waals surface area contributed by atoms with Crippen LogP contribution in [0.3, 0.4) is 0 Å². The maximum Gasteiger partial charge on any atom is 0.326 e. The van der Waals surface area contributed by atoms with Gasteiger partial charge in [0.15, 0.2) is 0 Å². The Morgan fingerprint density at radius 1 is 1.21 bits per heavy atom. The van der Waals surface area contributed by atoms with Gasteiger partial charge in [-0.25, -0.2) is 4.79 Å². The van der Waals surface area contributed by atoms with Crippen molar-refractivity contribution in [1.82, 2.24) is 4.90 Å². The van der Waals surface area contributed by atoms with Crippen LogP contribution in [0.15, 0.2) is 24.3 Å². The van der Waals surface area contributed by atoms with E-state index in [-0.39, 0.29) is 24.0 Å². The van der Waals surface area contributed by atoms with Gasteiger partial charge in [-0.2, -0.15) is 0 Å². The second kappa shape index (κ2) is 5.01. The van der Waals surface area contributed by atoms with Crippen LogP contribution in [-0.4, -0.2) is 40.1 Å². The summed E-state index contributed by atoms with van der Waals surface area (Å²) in [5, 5.41) is 9.11. The average molecular weight is 261 g/mol. The molecule has 1 aliphatic heterocycles. The number of imide groups is 1. The van der Waals surface area contributed by atoms with Gasteiger partial charge in [0.05, 0.1) is 11.1 Å². The van der Waals surface area contributed by atoms with E-state index < -0.39 is 23.8 Å². The molecular formula is C13H11NO5. The van der Waals surface area contributed by atoms with E-state index in [0.29, 0.717) is 6.29 Å². The molecule has 1 heterocycles. The van der Waals surface area contributed by atoms with Crippen molar-refractivity contribution in [3.05, 3.63) is 35.4 Å². The zero-order valence-corrected chi connectivity index (χ0v) is 9.91. The van der Waals surface area contributed by atoms with Crippen molar-refractivity contribution in [2.75, 3.05) is 0 Å². The Bertz CT molecular complexity index is 531. The molecule has 1 atom stereocenters. The molecule has 0 aliphatic carbocycles. The molecule has 1 aromatic rings. The molecule has 0 bridgehead atoms. The molecule has 2 rings (SSSR count). The highest BCUT2D eigenvalue weighted by atomic mass is 16.4. The fourth-order valence-electron chi connectivity index (χ4n) is 2.08. The van der Waals surface area contributed by atoms with Crippen molar-refractivity contribution in [2.45, 2.75) is 18.9 Å². The van der Waals surface area contributed by atoms with Gasteiger partial charge in [-0.1, -0.05) is 12.1 Å². The Morgan fingerprint density at radius 2 is 1.74 bits per heavy atom. The Hall–Kier alpha value is -2.50. The lowest BCUT2D eigenvalue weighted by atomic mass is 10.1. The summed E-state index contributed by atoms with van der Waals surface area (Å²) < 4.78 is 0. The monoisotopic (exact) mass is 261 g/mol. The Kier molecular flexibility index (Phi) is 3.41. The minimum atomic E-state index is -1.31. The van der Waals surface area contributed by atoms with Crippen LogP contribution in [0.5, 0.6) is 0 Å². The smallest absolute Gasteiger partial charge is 0.326 e. The molecule has 0 aromatic heterocycles. The molecule has 1 N–H and O–H groups in total. The molecular weight excluding hydrogens is 250 g/mol. The van der Waals surface area contributed by atoms with Crippen LogP contribution < -0.4 is 0 Å². The van der Waals surface area contributed by atoms with Gasteiger partial charge in [0, 0.05) is 6.42 Å². The summed E-state index contributed by atoms with van der Waals surface area (Å²) in [7, 11) is 0. The first-order valence-electron chi connectivity index (χ1n) is 5.71. The number of carboxylic acids is 1. The van der Waals surface area contributed by atoms with Gasteiger partial charge in [-0.15, -0.1) is 0 Å². The normalized spacial score (nSPS) is 15.3. The molecule has 1 aromatic carbocycles. The number of hydrogen-bond acceptors (Lipinski definition) is 4. The first-order valence-corrected chi connectivity index (χ1v) is 5.71. The predicted octanol–water partition coefficient (Wildman–Crippen LogP) is 0.715. The Morgan fingerprint density at radius 3 is 2.16 bits per heavy atom. The van der Waals surface area contributed by atoms with Crippen LogP contribution in [0.25, 0.3) is 0 Å². The number of carbonyl (C=O) groups is 4. The van der Waals surface area contributed by atoms with Crippen LogP contribution in [-0.2, 0) is 9.59 Å². The lowest BCUT2D eigenvalue weighted by molar-refractivity contribution is -0.141. The molecule has 1 aliphatic rings. The number of carboxylic acid groups (broad SMARTS) is 1. The largest absolute Gasteiger partial charge is 0.480 e. The molecule has 0 spiro atoms. The summed E-state index contributed by atoms with van der Waals surface area (Å²) in [6.45, 7) is 0. The number of aldehydes is 1. The highest BCUT2D eigenvalue weighted by molar-refractivity contribution is 6.22. The third-order valence-electron chi connectivity index (χ3n) is 2.98. The molecule has 0 saturated carbocycles. The van der Waals surface area contributed by atoms with E-state index in [4.69, 9.17) is 5.11 Å². The molecule has 6 heteroatoms. The average Bonchev–Trinajstić information content (AvgIpc) is 2.64. The molecule has 98 valence electrons. The molecule has 0 fully saturated rings. The van der Waals surface area contributed by atoms with Crippen LogP contribution >= 0.6 is 0 Å². The van der Waals surface area contributed by atoms with Crippen LogP contribution in [0, 0.1) is 0 Å². The summed E-state index contributed by atoms with van der Waals surface area (Å²) in [4.78, 5) is 46.4. The van der Waals surface area contributed by atoms with Crippen molar-refractivity contribution in [3.63, 3.8) is 0 Å². The quantitative estimate of drug-likeness (QED) is 0.622. The summed E-state index contributed by atoms with van der Waals surface area (Å²) >= 11 is 0. The number of carbonyl (C=O) groups excluding carboxylic acids is 3. The van der Waals surface area contributed by atoms with E-state index in [9.17, 15) is 19.2 Å². The number of hydrogen-bond donors (Lipinski definition) is 1. The standard InChI is InChI=1S/C13H11NO5/c15-7-3-6-10(13(18)19)14-11(16)8-4-1-2-5-9(8)12(14)17/h1-2,4-5,7,10H,3,6H2,(H,18,19)/t10-/m0/s1. The Labute approximate surface area is 108 Å². The fraction of sp³-hybridized carbons (Fsp3) is 0.231. The number of fused-ring (bicyclic) bond motifs is 1. The molecule has 19 heavy (non-hydrogen) atoms. The van der Waals surface area contributed by atoms with Gasteiger partial charge in [0.2, 0.25) is 0 Å². The highest BCUT2D eigenvalue weighted by Crippen LogP contribution is 2.25. The van der Waals surface area contributed by atoms with Crippen molar-refractivity contribution >= 4 is 24.1 Å². The first kappa shape index (κ1) is 12.9. The van der Waals surface area contributed by atoms with Crippen molar-refractivity contribution in [1.29, 1.82) is 0 Å². The maximum absolute atomic E-state index is 12.1. The second-order valence-electron chi connectivity index (χ2n) is 4.12. The van der Waals surface area contributed by atoms with E-state index in [1.54, 1.807) is 12.1 Å². The van der Waals surface area contributed by atoms with E-state index in [2.05, 4.69) is 0 Å². The molecule has 0 radical (unpaired) electrons. The van der Waals surface area contributed by atoms with E-state index >= 15 is 0 Å². The topological polar surface area (TPSA) is 91.8 Å². The van der Waals surface area contributed by atoms with Gasteiger partial charge in [0.25, 0.3) is 11.8 Å². The third kappa shape index (κ3) is 2.12. The van der Waals surface area contributed by atoms with Gasteiger partial charge >= 0.3 is 5.97 Å². The second-order valence-corrected chi connectivity index (χ2v) is 4.12. The zero-order chi connectivity index (χ0) is 14.0. The summed E-state index contributed by atoms with van der Waals surface area (Å²) in [6, 6.07) is 4.86. The van der Waals surface area contributed by atoms with E-state index in [1.165, 1.54) is 12.1 Å². The number of rotatable bonds is 5. The first-order chi connectivity index (χ1) is 9.07. The van der Waals surface area contributed by atoms with Gasteiger partial charge in [0.1, 0.15) is 12.3 Å². The highest BCUT2D eigenvalue weighted by Gasteiger charge is 2.42. The van der Waals surface area contributed by atoms with Crippen LogP contribution in [0.2, 0.25) is 0 Å². The zero-order valence-electron chi connectivity index (χ0n) is 9.91. The Balaban J connectivity index is 2.36. The minimum absolute atomic E-state index is 0.0234. The van der Waals surface area contributed by atoms with E-state index in [1.807, 2.05) is 0 Å². The lowest BCUT2D eigenvalue weighted by Gasteiger charge is -2.21. The molecule has 6 nitrogen and oxygen atoms in total. The van der Waals surface area contributed by atoms with Crippen molar-refractivity contribution < 1.29 is 24.3 Å². The van der Waals surface area contributed by atoms with Crippen molar-refractivity contribution in [2.24, 2.45) is 0 Å². The SMILES string of the molecule is O=CCC[C@@H](C(=O)O)N1C(=O)c2ccccc2C1=O.